The molecule has 0 unspecified atom stereocenters. The van der Waals surface area contributed by atoms with Crippen LogP contribution in [0.25, 0.3) is 0 Å². The van der Waals surface area contributed by atoms with Crippen LogP contribution in [0.4, 0.5) is 5.69 Å². The van der Waals surface area contributed by atoms with Gasteiger partial charge in [-0.1, -0.05) is 54.6 Å². The summed E-state index contributed by atoms with van der Waals surface area (Å²) in [4.78, 5) is 29.6. The number of hydrogen-bond acceptors (Lipinski definition) is 4. The summed E-state index contributed by atoms with van der Waals surface area (Å²) in [6.45, 7) is 3.32. The van der Waals surface area contributed by atoms with Gasteiger partial charge < -0.3 is 15.0 Å². The van der Waals surface area contributed by atoms with Crippen LogP contribution in [-0.4, -0.2) is 42.5 Å². The number of para-hydroxylation sites is 2. The molecule has 0 aromatic heterocycles. The molecule has 3 aromatic carbocycles. The van der Waals surface area contributed by atoms with E-state index in [4.69, 9.17) is 4.74 Å². The van der Waals surface area contributed by atoms with Crippen molar-refractivity contribution in [2.75, 3.05) is 24.6 Å². The summed E-state index contributed by atoms with van der Waals surface area (Å²) < 4.78 is 5.53. The number of amides is 2. The molecule has 1 N–H and O–H groups in total. The van der Waals surface area contributed by atoms with E-state index < -0.39 is 0 Å². The minimum absolute atomic E-state index is 0.0279. The molecule has 6 nitrogen and oxygen atoms in total. The Balaban J connectivity index is 1.18. The van der Waals surface area contributed by atoms with Gasteiger partial charge in [0.1, 0.15) is 5.75 Å². The van der Waals surface area contributed by atoms with Crippen LogP contribution < -0.4 is 15.0 Å². The van der Waals surface area contributed by atoms with Crippen LogP contribution in [0.5, 0.6) is 5.75 Å². The van der Waals surface area contributed by atoms with E-state index in [1.54, 1.807) is 4.90 Å². The molecule has 5 rings (SSSR count). The van der Waals surface area contributed by atoms with E-state index >= 15 is 0 Å². The van der Waals surface area contributed by atoms with Gasteiger partial charge in [-0.25, -0.2) is 0 Å². The Bertz CT molecular complexity index is 1160. The van der Waals surface area contributed by atoms with Crippen LogP contribution in [0.3, 0.4) is 0 Å². The molecule has 2 aliphatic rings. The number of carbonyl (C=O) groups is 2. The molecule has 174 valence electrons. The van der Waals surface area contributed by atoms with Gasteiger partial charge in [0.2, 0.25) is 0 Å². The number of hydrogen-bond donors (Lipinski definition) is 1. The highest BCUT2D eigenvalue weighted by atomic mass is 16.5. The third-order valence-electron chi connectivity index (χ3n) is 6.51. The van der Waals surface area contributed by atoms with E-state index in [0.717, 1.165) is 43.7 Å². The lowest BCUT2D eigenvalue weighted by molar-refractivity contribution is -0.121. The number of carbonyl (C=O) groups excluding carboxylic acids is 2. The summed E-state index contributed by atoms with van der Waals surface area (Å²) in [6.07, 6.45) is 1.88. The van der Waals surface area contributed by atoms with Crippen LogP contribution in [0, 0.1) is 0 Å². The molecule has 2 amide bonds. The van der Waals surface area contributed by atoms with Crippen LogP contribution in [0.15, 0.2) is 78.9 Å². The van der Waals surface area contributed by atoms with E-state index in [-0.39, 0.29) is 24.5 Å². The number of nitrogens with zero attached hydrogens (tertiary/aromatic N) is 2. The first-order chi connectivity index (χ1) is 16.7. The Morgan fingerprint density at radius 1 is 0.882 bits per heavy atom. The first-order valence-corrected chi connectivity index (χ1v) is 11.8. The van der Waals surface area contributed by atoms with Crippen molar-refractivity contribution in [1.82, 2.24) is 10.2 Å². The number of anilines is 1. The zero-order valence-electron chi connectivity index (χ0n) is 19.2. The van der Waals surface area contributed by atoms with Crippen LogP contribution in [0.1, 0.15) is 34.3 Å². The Morgan fingerprint density at radius 3 is 2.44 bits per heavy atom. The predicted octanol–water partition coefficient (Wildman–Crippen LogP) is 4.01. The molecular formula is C28H29N3O3. The smallest absolute Gasteiger partial charge is 0.265 e. The van der Waals surface area contributed by atoms with Gasteiger partial charge in [0, 0.05) is 31.2 Å². The number of nitrogens with one attached hydrogen (secondary N) is 1. The minimum atomic E-state index is -0.0872. The van der Waals surface area contributed by atoms with Crippen LogP contribution in [0.2, 0.25) is 0 Å². The zero-order chi connectivity index (χ0) is 23.3. The van der Waals surface area contributed by atoms with Gasteiger partial charge in [-0.05, 0) is 48.2 Å². The van der Waals surface area contributed by atoms with Crippen molar-refractivity contribution in [3.05, 3.63) is 95.6 Å². The average Bonchev–Trinajstić information content (AvgIpc) is 2.88. The molecule has 2 aliphatic heterocycles. The van der Waals surface area contributed by atoms with Gasteiger partial charge in [-0.3, -0.25) is 14.5 Å². The molecule has 3 aromatic rings. The van der Waals surface area contributed by atoms with E-state index in [2.05, 4.69) is 34.5 Å². The van der Waals surface area contributed by atoms with Gasteiger partial charge in [0.25, 0.3) is 11.8 Å². The predicted molar refractivity (Wildman–Crippen MR) is 132 cm³/mol. The zero-order valence-corrected chi connectivity index (χ0v) is 19.2. The Hall–Kier alpha value is -3.64. The highest BCUT2D eigenvalue weighted by Crippen LogP contribution is 2.32. The second kappa shape index (κ2) is 10.1. The highest BCUT2D eigenvalue weighted by molar-refractivity contribution is 5.98. The Morgan fingerprint density at radius 2 is 1.62 bits per heavy atom. The van der Waals surface area contributed by atoms with Crippen LogP contribution in [-0.2, 0) is 17.9 Å². The van der Waals surface area contributed by atoms with Crippen molar-refractivity contribution in [2.45, 2.75) is 32.0 Å². The number of benzene rings is 3. The van der Waals surface area contributed by atoms with Gasteiger partial charge in [-0.15, -0.1) is 0 Å². The fourth-order valence-corrected chi connectivity index (χ4v) is 4.67. The third kappa shape index (κ3) is 5.13. The number of likely N-dealkylation sites (tertiary alicyclic amines) is 1. The van der Waals surface area contributed by atoms with E-state index in [9.17, 15) is 9.59 Å². The lowest BCUT2D eigenvalue weighted by Gasteiger charge is -2.32. The summed E-state index contributed by atoms with van der Waals surface area (Å²) in [5.41, 5.74) is 3.62. The second-order valence-electron chi connectivity index (χ2n) is 8.95. The number of piperidine rings is 1. The quantitative estimate of drug-likeness (QED) is 0.610. The fourth-order valence-electron chi connectivity index (χ4n) is 4.67. The van der Waals surface area contributed by atoms with Crippen molar-refractivity contribution < 1.29 is 14.3 Å². The van der Waals surface area contributed by atoms with Crippen LogP contribution >= 0.6 is 0 Å². The maximum absolute atomic E-state index is 13.0. The van der Waals surface area contributed by atoms with Gasteiger partial charge in [-0.2, -0.15) is 0 Å². The monoisotopic (exact) mass is 455 g/mol. The standard InChI is InChI=1S/C28H29N3O3/c32-27-20-34-26-12-5-4-11-25(26)31(27)19-22-9-6-10-23(17-22)28(33)29-24-13-15-30(16-14-24)18-21-7-2-1-3-8-21/h1-12,17,24H,13-16,18-20H2,(H,29,33). The maximum Gasteiger partial charge on any atom is 0.265 e. The van der Waals surface area contributed by atoms with Crippen molar-refractivity contribution >= 4 is 17.5 Å². The molecule has 2 heterocycles. The van der Waals surface area contributed by atoms with Gasteiger partial charge in [0.15, 0.2) is 6.61 Å². The van der Waals surface area contributed by atoms with Gasteiger partial charge >= 0.3 is 0 Å². The van der Waals surface area contributed by atoms with E-state index in [1.165, 1.54) is 5.56 Å². The molecule has 0 atom stereocenters. The Labute approximate surface area is 200 Å². The molecule has 6 heteroatoms. The molecular weight excluding hydrogens is 426 g/mol. The number of fused-ring (bicyclic) bond motifs is 1. The molecule has 0 aliphatic carbocycles. The molecule has 0 bridgehead atoms. The van der Waals surface area contributed by atoms with E-state index in [0.29, 0.717) is 17.9 Å². The van der Waals surface area contributed by atoms with Crippen molar-refractivity contribution in [3.63, 3.8) is 0 Å². The lowest BCUT2D eigenvalue weighted by atomic mass is 10.0. The molecule has 34 heavy (non-hydrogen) atoms. The second-order valence-corrected chi connectivity index (χ2v) is 8.95. The highest BCUT2D eigenvalue weighted by Gasteiger charge is 2.26. The minimum Gasteiger partial charge on any atom is -0.482 e. The first-order valence-electron chi connectivity index (χ1n) is 11.8. The summed E-state index contributed by atoms with van der Waals surface area (Å²) in [5, 5.41) is 3.21. The molecule has 0 saturated carbocycles. The molecule has 1 fully saturated rings. The number of rotatable bonds is 6. The normalized spacial score (nSPS) is 16.6. The maximum atomic E-state index is 13.0. The SMILES string of the molecule is O=C(NC1CCN(Cc2ccccc2)CC1)c1cccc(CN2C(=O)COc3ccccc32)c1. The lowest BCUT2D eigenvalue weighted by Crippen LogP contribution is -2.44. The molecule has 0 radical (unpaired) electrons. The summed E-state index contributed by atoms with van der Waals surface area (Å²) >= 11 is 0. The number of ether oxygens (including phenoxy) is 1. The molecule has 0 spiro atoms. The summed E-state index contributed by atoms with van der Waals surface area (Å²) in [5.74, 6) is 0.558. The average molecular weight is 456 g/mol. The summed E-state index contributed by atoms with van der Waals surface area (Å²) in [6, 6.07) is 25.7. The van der Waals surface area contributed by atoms with Crippen molar-refractivity contribution in [2.24, 2.45) is 0 Å². The van der Waals surface area contributed by atoms with Crippen molar-refractivity contribution in [3.8, 4) is 5.75 Å². The Kier molecular flexibility index (Phi) is 6.58. The largest absolute Gasteiger partial charge is 0.482 e. The van der Waals surface area contributed by atoms with E-state index in [1.807, 2.05) is 54.6 Å². The fraction of sp³-hybridized carbons (Fsp3) is 0.286. The van der Waals surface area contributed by atoms with Crippen molar-refractivity contribution in [1.29, 1.82) is 0 Å². The molecule has 1 saturated heterocycles. The van der Waals surface area contributed by atoms with Gasteiger partial charge in [0.05, 0.1) is 12.2 Å². The topological polar surface area (TPSA) is 61.9 Å². The summed E-state index contributed by atoms with van der Waals surface area (Å²) in [7, 11) is 0. The first kappa shape index (κ1) is 22.2. The third-order valence-corrected chi connectivity index (χ3v) is 6.51.